The highest BCUT2D eigenvalue weighted by atomic mass is 16.6. The minimum absolute atomic E-state index is 0.429. The van der Waals surface area contributed by atoms with Crippen LogP contribution in [-0.2, 0) is 9.53 Å². The van der Waals surface area contributed by atoms with E-state index in [1.165, 1.54) is 4.90 Å². The van der Waals surface area contributed by atoms with Gasteiger partial charge in [-0.3, -0.25) is 9.69 Å². The number of anilines is 1. The van der Waals surface area contributed by atoms with Crippen molar-refractivity contribution in [2.24, 2.45) is 0 Å². The predicted molar refractivity (Wildman–Crippen MR) is 78.5 cm³/mol. The van der Waals surface area contributed by atoms with Gasteiger partial charge >= 0.3 is 12.1 Å². The van der Waals surface area contributed by atoms with Gasteiger partial charge in [-0.05, 0) is 38.5 Å². The Kier molecular flexibility index (Phi) is 5.32. The van der Waals surface area contributed by atoms with Crippen LogP contribution in [0.25, 0.3) is 0 Å². The smallest absolute Gasteiger partial charge is 0.414 e. The van der Waals surface area contributed by atoms with Crippen molar-refractivity contribution in [2.75, 3.05) is 18.6 Å². The molecule has 21 heavy (non-hydrogen) atoms. The summed E-state index contributed by atoms with van der Waals surface area (Å²) in [6.45, 7) is 4.79. The van der Waals surface area contributed by atoms with E-state index in [9.17, 15) is 9.59 Å². The highest BCUT2D eigenvalue weighted by Gasteiger charge is 2.23. The van der Waals surface area contributed by atoms with Crippen molar-refractivity contribution in [2.45, 2.75) is 32.3 Å². The molecule has 0 fully saturated rings. The van der Waals surface area contributed by atoms with Crippen LogP contribution in [0.1, 0.15) is 32.3 Å². The molecule has 116 valence electrons. The number of carboxylic acids is 1. The lowest BCUT2D eigenvalue weighted by molar-refractivity contribution is -0.139. The molecule has 1 aromatic rings. The quantitative estimate of drug-likeness (QED) is 0.889. The molecular weight excluding hydrogens is 274 g/mol. The molecular formula is C15H21NO5. The zero-order valence-electron chi connectivity index (χ0n) is 12.7. The SMILES string of the molecule is CN(C(=O)OC(C)(C)C)c1cccc([C@@H](CO)C(=O)O)c1. The van der Waals surface area contributed by atoms with Crippen molar-refractivity contribution in [1.82, 2.24) is 0 Å². The summed E-state index contributed by atoms with van der Waals surface area (Å²) >= 11 is 0. The highest BCUT2D eigenvalue weighted by Crippen LogP contribution is 2.23. The highest BCUT2D eigenvalue weighted by molar-refractivity contribution is 5.87. The van der Waals surface area contributed by atoms with E-state index < -0.39 is 30.2 Å². The Morgan fingerprint density at radius 1 is 1.33 bits per heavy atom. The number of aliphatic hydroxyl groups excluding tert-OH is 1. The van der Waals surface area contributed by atoms with Crippen molar-refractivity contribution in [3.63, 3.8) is 0 Å². The molecule has 0 saturated heterocycles. The van der Waals surface area contributed by atoms with Crippen LogP contribution in [0.4, 0.5) is 10.5 Å². The molecule has 2 N–H and O–H groups in total. The minimum Gasteiger partial charge on any atom is -0.481 e. The second-order valence-electron chi connectivity index (χ2n) is 5.71. The predicted octanol–water partition coefficient (Wildman–Crippen LogP) is 2.22. The molecule has 0 heterocycles. The normalized spacial score (nSPS) is 12.6. The molecule has 1 amide bonds. The molecule has 0 aliphatic rings. The number of carbonyl (C=O) groups is 2. The Bertz CT molecular complexity index is 521. The number of rotatable bonds is 4. The van der Waals surface area contributed by atoms with Gasteiger partial charge < -0.3 is 14.9 Å². The van der Waals surface area contributed by atoms with Crippen molar-refractivity contribution < 1.29 is 24.5 Å². The molecule has 0 bridgehead atoms. The van der Waals surface area contributed by atoms with Gasteiger partial charge in [-0.15, -0.1) is 0 Å². The molecule has 0 spiro atoms. The van der Waals surface area contributed by atoms with Crippen molar-refractivity contribution >= 4 is 17.7 Å². The summed E-state index contributed by atoms with van der Waals surface area (Å²) in [6, 6.07) is 6.46. The largest absolute Gasteiger partial charge is 0.481 e. The second kappa shape index (κ2) is 6.58. The average molecular weight is 295 g/mol. The van der Waals surface area contributed by atoms with Crippen molar-refractivity contribution in [3.05, 3.63) is 29.8 Å². The van der Waals surface area contributed by atoms with Crippen molar-refractivity contribution in [3.8, 4) is 0 Å². The third-order valence-electron chi connectivity index (χ3n) is 2.81. The van der Waals surface area contributed by atoms with Crippen LogP contribution in [0.3, 0.4) is 0 Å². The number of aliphatic carboxylic acids is 1. The first kappa shape index (κ1) is 17.0. The lowest BCUT2D eigenvalue weighted by Crippen LogP contribution is -2.34. The maximum Gasteiger partial charge on any atom is 0.414 e. The maximum atomic E-state index is 12.0. The number of amides is 1. The maximum absolute atomic E-state index is 12.0. The fourth-order valence-corrected chi connectivity index (χ4v) is 1.71. The molecule has 0 radical (unpaired) electrons. The molecule has 0 saturated carbocycles. The van der Waals surface area contributed by atoms with E-state index in [-0.39, 0.29) is 0 Å². The Morgan fingerprint density at radius 2 is 1.95 bits per heavy atom. The van der Waals surface area contributed by atoms with Gasteiger partial charge in [0.1, 0.15) is 11.5 Å². The van der Waals surface area contributed by atoms with Gasteiger partial charge in [-0.2, -0.15) is 0 Å². The molecule has 0 aliphatic carbocycles. The Morgan fingerprint density at radius 3 is 2.43 bits per heavy atom. The summed E-state index contributed by atoms with van der Waals surface area (Å²) in [4.78, 5) is 24.3. The minimum atomic E-state index is -1.12. The summed E-state index contributed by atoms with van der Waals surface area (Å²) in [7, 11) is 1.54. The summed E-state index contributed by atoms with van der Waals surface area (Å²) in [5.41, 5.74) is 0.317. The Balaban J connectivity index is 2.99. The number of hydrogen-bond acceptors (Lipinski definition) is 4. The monoisotopic (exact) mass is 295 g/mol. The van der Waals surface area contributed by atoms with E-state index in [2.05, 4.69) is 0 Å². The molecule has 0 aromatic heterocycles. The number of aliphatic hydroxyl groups is 1. The molecule has 1 atom stereocenters. The lowest BCUT2D eigenvalue weighted by atomic mass is 9.99. The number of ether oxygens (including phenoxy) is 1. The summed E-state index contributed by atoms with van der Waals surface area (Å²) in [5, 5.41) is 18.2. The molecule has 0 unspecified atom stereocenters. The van der Waals surface area contributed by atoms with Crippen LogP contribution in [-0.4, -0.2) is 41.5 Å². The number of nitrogens with zero attached hydrogens (tertiary/aromatic N) is 1. The van der Waals surface area contributed by atoms with E-state index in [4.69, 9.17) is 14.9 Å². The fraction of sp³-hybridized carbons (Fsp3) is 0.467. The van der Waals surface area contributed by atoms with E-state index in [0.29, 0.717) is 11.3 Å². The topological polar surface area (TPSA) is 87.1 Å². The van der Waals surface area contributed by atoms with Gasteiger partial charge in [-0.25, -0.2) is 4.79 Å². The Labute approximate surface area is 124 Å². The van der Waals surface area contributed by atoms with Gasteiger partial charge in [0, 0.05) is 12.7 Å². The van der Waals surface area contributed by atoms with Crippen LogP contribution in [0, 0.1) is 0 Å². The summed E-state index contributed by atoms with van der Waals surface area (Å²) < 4.78 is 5.25. The van der Waals surface area contributed by atoms with Gasteiger partial charge in [0.25, 0.3) is 0 Å². The number of benzene rings is 1. The first-order chi connectivity index (χ1) is 9.65. The van der Waals surface area contributed by atoms with Crippen molar-refractivity contribution in [1.29, 1.82) is 0 Å². The first-order valence-corrected chi connectivity index (χ1v) is 6.56. The third kappa shape index (κ3) is 4.75. The Hall–Kier alpha value is -2.08. The van der Waals surface area contributed by atoms with Gasteiger partial charge in [0.15, 0.2) is 0 Å². The van der Waals surface area contributed by atoms with Crippen LogP contribution in [0.5, 0.6) is 0 Å². The number of carbonyl (C=O) groups excluding carboxylic acids is 1. The second-order valence-corrected chi connectivity index (χ2v) is 5.71. The number of carboxylic acid groups (broad SMARTS) is 1. The standard InChI is InChI=1S/C15H21NO5/c1-15(2,3)21-14(20)16(4)11-7-5-6-10(8-11)12(9-17)13(18)19/h5-8,12,17H,9H2,1-4H3,(H,18,19)/t12-/m1/s1. The first-order valence-electron chi connectivity index (χ1n) is 6.56. The zero-order valence-corrected chi connectivity index (χ0v) is 12.7. The van der Waals surface area contributed by atoms with Crippen LogP contribution in [0.15, 0.2) is 24.3 Å². The fourth-order valence-electron chi connectivity index (χ4n) is 1.71. The van der Waals surface area contributed by atoms with Gasteiger partial charge in [-0.1, -0.05) is 12.1 Å². The van der Waals surface area contributed by atoms with E-state index in [1.807, 2.05) is 0 Å². The zero-order chi connectivity index (χ0) is 16.2. The average Bonchev–Trinajstić information content (AvgIpc) is 2.36. The molecule has 1 rings (SSSR count). The summed E-state index contributed by atoms with van der Waals surface area (Å²) in [6.07, 6.45) is -0.532. The molecule has 6 heteroatoms. The third-order valence-corrected chi connectivity index (χ3v) is 2.81. The number of hydrogen-bond donors (Lipinski definition) is 2. The molecule has 0 aliphatic heterocycles. The lowest BCUT2D eigenvalue weighted by Gasteiger charge is -2.25. The van der Waals surface area contributed by atoms with E-state index in [1.54, 1.807) is 52.1 Å². The van der Waals surface area contributed by atoms with Crippen LogP contribution >= 0.6 is 0 Å². The van der Waals surface area contributed by atoms with Gasteiger partial charge in [0.05, 0.1) is 6.61 Å². The summed E-state index contributed by atoms with van der Waals surface area (Å²) in [5.74, 6) is -2.13. The molecule has 1 aromatic carbocycles. The van der Waals surface area contributed by atoms with Crippen LogP contribution in [0.2, 0.25) is 0 Å². The van der Waals surface area contributed by atoms with E-state index in [0.717, 1.165) is 0 Å². The van der Waals surface area contributed by atoms with Crippen LogP contribution < -0.4 is 4.90 Å². The van der Waals surface area contributed by atoms with Gasteiger partial charge in [0.2, 0.25) is 0 Å². The molecule has 6 nitrogen and oxygen atoms in total. The van der Waals surface area contributed by atoms with E-state index >= 15 is 0 Å².